The van der Waals surface area contributed by atoms with Crippen molar-refractivity contribution in [1.82, 2.24) is 0 Å². The van der Waals surface area contributed by atoms with Crippen molar-refractivity contribution in [1.29, 1.82) is 0 Å². The highest BCUT2D eigenvalue weighted by Crippen LogP contribution is 2.34. The first kappa shape index (κ1) is 25.2. The van der Waals surface area contributed by atoms with Crippen LogP contribution in [0.4, 0.5) is 13.2 Å². The molecule has 1 aliphatic heterocycles. The topological polar surface area (TPSA) is 72.8 Å². The number of hydrogen-bond acceptors (Lipinski definition) is 5. The number of halogens is 3. The molecule has 186 valence electrons. The molecule has 8 heteroatoms. The van der Waals surface area contributed by atoms with Crippen molar-refractivity contribution in [3.8, 4) is 0 Å². The molecular weight excluding hydrogens is 473 g/mol. The largest absolute Gasteiger partial charge is 0.461 e. The van der Waals surface area contributed by atoms with Crippen molar-refractivity contribution in [3.63, 3.8) is 0 Å². The van der Waals surface area contributed by atoms with Gasteiger partial charge in [0.2, 0.25) is 0 Å². The maximum absolute atomic E-state index is 13.2. The van der Waals surface area contributed by atoms with Crippen molar-refractivity contribution >= 4 is 18.0 Å². The van der Waals surface area contributed by atoms with Gasteiger partial charge in [-0.15, -0.1) is 0 Å². The highest BCUT2D eigenvalue weighted by molar-refractivity contribution is 5.96. The third kappa shape index (κ3) is 5.66. The molecular formula is C28H23F3O5. The molecule has 0 aromatic heterocycles. The third-order valence-electron chi connectivity index (χ3n) is 5.93. The summed E-state index contributed by atoms with van der Waals surface area (Å²) in [6.45, 7) is -0.980. The van der Waals surface area contributed by atoms with Crippen molar-refractivity contribution < 1.29 is 37.3 Å². The van der Waals surface area contributed by atoms with Crippen LogP contribution in [0.5, 0.6) is 0 Å². The Kier molecular flexibility index (Phi) is 7.26. The molecule has 1 fully saturated rings. The Bertz CT molecular complexity index is 1200. The van der Waals surface area contributed by atoms with E-state index in [1.807, 2.05) is 36.4 Å². The number of carbonyl (C=O) groups is 2. The lowest BCUT2D eigenvalue weighted by molar-refractivity contribution is -0.166. The van der Waals surface area contributed by atoms with E-state index in [4.69, 9.17) is 9.47 Å². The third-order valence-corrected chi connectivity index (χ3v) is 5.93. The van der Waals surface area contributed by atoms with Crippen LogP contribution in [0.25, 0.3) is 6.08 Å². The standard InChI is InChI=1S/C28H23F3O5/c29-28(30,31)23-13-11-19(12-14-23)15-22-16-27(17-32,36-25(22)33)18-35-26(34)24(20-7-3-1-4-8-20)21-9-5-2-6-10-21/h1-15,24,32H,16-18H2/b22-15-. The molecule has 3 aromatic carbocycles. The molecule has 4 rings (SSSR count). The normalized spacial score (nSPS) is 18.9. The van der Waals surface area contributed by atoms with Crippen LogP contribution in [-0.2, 0) is 25.2 Å². The molecule has 0 saturated carbocycles. The monoisotopic (exact) mass is 496 g/mol. The van der Waals surface area contributed by atoms with Gasteiger partial charge < -0.3 is 14.6 Å². The van der Waals surface area contributed by atoms with Crippen molar-refractivity contribution in [2.45, 2.75) is 24.1 Å². The Labute approximate surface area is 205 Å². The van der Waals surface area contributed by atoms with E-state index in [0.29, 0.717) is 5.56 Å². The van der Waals surface area contributed by atoms with Gasteiger partial charge in [-0.1, -0.05) is 72.8 Å². The fraction of sp³-hybridized carbons (Fsp3) is 0.214. The Hall–Kier alpha value is -3.91. The number of cyclic esters (lactones) is 1. The van der Waals surface area contributed by atoms with Crippen LogP contribution in [0.1, 0.15) is 34.6 Å². The first-order chi connectivity index (χ1) is 17.2. The first-order valence-corrected chi connectivity index (χ1v) is 11.2. The molecule has 0 amide bonds. The Balaban J connectivity index is 1.50. The minimum absolute atomic E-state index is 0.0715. The fourth-order valence-corrected chi connectivity index (χ4v) is 4.05. The van der Waals surface area contributed by atoms with Gasteiger partial charge in [-0.2, -0.15) is 13.2 Å². The number of benzene rings is 3. The number of hydrogen-bond donors (Lipinski definition) is 1. The molecule has 1 N–H and O–H groups in total. The average molecular weight is 496 g/mol. The van der Waals surface area contributed by atoms with Crippen LogP contribution >= 0.6 is 0 Å². The number of aliphatic hydroxyl groups excluding tert-OH is 1. The molecule has 5 nitrogen and oxygen atoms in total. The second-order valence-corrected chi connectivity index (χ2v) is 8.56. The van der Waals surface area contributed by atoms with Gasteiger partial charge >= 0.3 is 18.1 Å². The minimum atomic E-state index is -4.47. The molecule has 0 spiro atoms. The lowest BCUT2D eigenvalue weighted by Crippen LogP contribution is -2.40. The van der Waals surface area contributed by atoms with Gasteiger partial charge in [0, 0.05) is 12.0 Å². The minimum Gasteiger partial charge on any atom is -0.461 e. The maximum Gasteiger partial charge on any atom is 0.416 e. The summed E-state index contributed by atoms with van der Waals surface area (Å²) in [4.78, 5) is 25.7. The number of ether oxygens (including phenoxy) is 2. The summed E-state index contributed by atoms with van der Waals surface area (Å²) < 4.78 is 49.3. The molecule has 1 unspecified atom stereocenters. The second-order valence-electron chi connectivity index (χ2n) is 8.56. The van der Waals surface area contributed by atoms with Gasteiger partial charge in [0.15, 0.2) is 5.60 Å². The van der Waals surface area contributed by atoms with E-state index >= 15 is 0 Å². The molecule has 0 radical (unpaired) electrons. The molecule has 1 aliphatic rings. The van der Waals surface area contributed by atoms with Gasteiger partial charge in [-0.25, -0.2) is 4.79 Å². The zero-order valence-electron chi connectivity index (χ0n) is 19.1. The molecule has 1 atom stereocenters. The highest BCUT2D eigenvalue weighted by atomic mass is 19.4. The number of rotatable bonds is 7. The predicted molar refractivity (Wildman–Crippen MR) is 126 cm³/mol. The van der Waals surface area contributed by atoms with Gasteiger partial charge in [0.1, 0.15) is 12.5 Å². The van der Waals surface area contributed by atoms with Crippen molar-refractivity contribution in [3.05, 3.63) is 113 Å². The highest BCUT2D eigenvalue weighted by Gasteiger charge is 2.45. The van der Waals surface area contributed by atoms with Crippen LogP contribution in [0.2, 0.25) is 0 Å². The van der Waals surface area contributed by atoms with E-state index in [2.05, 4.69) is 0 Å². The zero-order chi connectivity index (χ0) is 25.8. The summed E-state index contributed by atoms with van der Waals surface area (Å²) in [6, 6.07) is 22.5. The molecule has 36 heavy (non-hydrogen) atoms. The van der Waals surface area contributed by atoms with Crippen LogP contribution in [0.15, 0.2) is 90.5 Å². The van der Waals surface area contributed by atoms with Crippen molar-refractivity contribution in [2.24, 2.45) is 0 Å². The van der Waals surface area contributed by atoms with E-state index in [0.717, 1.165) is 23.3 Å². The smallest absolute Gasteiger partial charge is 0.416 e. The van der Waals surface area contributed by atoms with E-state index in [-0.39, 0.29) is 18.6 Å². The quantitative estimate of drug-likeness (QED) is 0.362. The van der Waals surface area contributed by atoms with Gasteiger partial charge in [0.05, 0.1) is 12.2 Å². The number of alkyl halides is 3. The summed E-state index contributed by atoms with van der Waals surface area (Å²) in [6.07, 6.45) is -3.14. The van der Waals surface area contributed by atoms with E-state index in [1.165, 1.54) is 18.2 Å². The average Bonchev–Trinajstić information content (AvgIpc) is 3.19. The van der Waals surface area contributed by atoms with Gasteiger partial charge in [-0.05, 0) is 34.9 Å². The molecule has 1 saturated heterocycles. The van der Waals surface area contributed by atoms with Crippen LogP contribution in [0.3, 0.4) is 0 Å². The summed E-state index contributed by atoms with van der Waals surface area (Å²) in [5.74, 6) is -2.03. The lowest BCUT2D eigenvalue weighted by atomic mass is 9.91. The number of carbonyl (C=O) groups excluding carboxylic acids is 2. The SMILES string of the molecule is O=C1OC(CO)(COC(=O)C(c2ccccc2)c2ccccc2)C/C1=C/c1ccc(C(F)(F)F)cc1. The van der Waals surface area contributed by atoms with Gasteiger partial charge in [-0.3, -0.25) is 4.79 Å². The molecule has 3 aromatic rings. The van der Waals surface area contributed by atoms with Crippen molar-refractivity contribution in [2.75, 3.05) is 13.2 Å². The maximum atomic E-state index is 13.2. The number of esters is 2. The lowest BCUT2D eigenvalue weighted by Gasteiger charge is -2.26. The van der Waals surface area contributed by atoms with E-state index in [1.54, 1.807) is 24.3 Å². The summed E-state index contributed by atoms with van der Waals surface area (Å²) in [5.41, 5.74) is -0.322. The Morgan fingerprint density at radius 3 is 2.03 bits per heavy atom. The van der Waals surface area contributed by atoms with E-state index in [9.17, 15) is 27.9 Å². The van der Waals surface area contributed by atoms with Crippen LogP contribution < -0.4 is 0 Å². The molecule has 0 aliphatic carbocycles. The Morgan fingerprint density at radius 1 is 0.972 bits per heavy atom. The zero-order valence-corrected chi connectivity index (χ0v) is 19.1. The second kappa shape index (κ2) is 10.4. The fourth-order valence-electron chi connectivity index (χ4n) is 4.05. The molecule has 1 heterocycles. The predicted octanol–water partition coefficient (Wildman–Crippen LogP) is 5.14. The van der Waals surface area contributed by atoms with E-state index < -0.39 is 41.8 Å². The van der Waals surface area contributed by atoms with Crippen LogP contribution in [-0.4, -0.2) is 35.9 Å². The summed E-state index contributed by atoms with van der Waals surface area (Å²) in [7, 11) is 0. The summed E-state index contributed by atoms with van der Waals surface area (Å²) in [5, 5.41) is 10.0. The molecule has 0 bridgehead atoms. The van der Waals surface area contributed by atoms with Crippen LogP contribution in [0, 0.1) is 0 Å². The summed E-state index contributed by atoms with van der Waals surface area (Å²) >= 11 is 0. The van der Waals surface area contributed by atoms with Gasteiger partial charge in [0.25, 0.3) is 0 Å². The first-order valence-electron chi connectivity index (χ1n) is 11.2. The number of aliphatic hydroxyl groups is 1. The Morgan fingerprint density at radius 2 is 1.53 bits per heavy atom.